The lowest BCUT2D eigenvalue weighted by atomic mass is 9.97. The summed E-state index contributed by atoms with van der Waals surface area (Å²) in [6.07, 6.45) is 6.65. The van der Waals surface area contributed by atoms with Crippen molar-refractivity contribution in [2.45, 2.75) is 37.6 Å². The van der Waals surface area contributed by atoms with Crippen LogP contribution in [-0.4, -0.2) is 39.0 Å². The lowest BCUT2D eigenvalue weighted by Gasteiger charge is -2.30. The van der Waals surface area contributed by atoms with Crippen molar-refractivity contribution in [3.63, 3.8) is 0 Å². The molecule has 1 saturated carbocycles. The van der Waals surface area contributed by atoms with Crippen LogP contribution in [-0.2, 0) is 0 Å². The van der Waals surface area contributed by atoms with E-state index in [2.05, 4.69) is 14.9 Å². The molecule has 0 amide bonds. The molecule has 0 spiro atoms. The minimum Gasteiger partial charge on any atom is -0.368 e. The highest BCUT2D eigenvalue weighted by Gasteiger charge is 2.33. The van der Waals surface area contributed by atoms with Gasteiger partial charge in [0.05, 0.1) is 21.3 Å². The van der Waals surface area contributed by atoms with Gasteiger partial charge < -0.3 is 10.6 Å². The fourth-order valence-electron chi connectivity index (χ4n) is 3.94. The van der Waals surface area contributed by atoms with Crippen molar-refractivity contribution in [2.24, 2.45) is 0 Å². The van der Waals surface area contributed by atoms with Gasteiger partial charge in [-0.25, -0.2) is 19.3 Å². The SMILES string of the molecule is Cl.Cl.Nc1nccc(-c2sc(C3CCN(C4CC4)CC3)nc2-c2ccc(F)cc2)n1. The van der Waals surface area contributed by atoms with Crippen LogP contribution in [0.4, 0.5) is 10.3 Å². The number of anilines is 1. The van der Waals surface area contributed by atoms with Crippen LogP contribution in [0.3, 0.4) is 0 Å². The molecule has 0 atom stereocenters. The minimum atomic E-state index is -0.250. The van der Waals surface area contributed by atoms with Crippen molar-refractivity contribution in [1.82, 2.24) is 19.9 Å². The van der Waals surface area contributed by atoms with Crippen molar-refractivity contribution in [1.29, 1.82) is 0 Å². The Labute approximate surface area is 191 Å². The summed E-state index contributed by atoms with van der Waals surface area (Å²) in [4.78, 5) is 17.0. The highest BCUT2D eigenvalue weighted by atomic mass is 35.5. The Kier molecular flexibility index (Phi) is 7.29. The zero-order valence-electron chi connectivity index (χ0n) is 16.3. The summed E-state index contributed by atoms with van der Waals surface area (Å²) in [5.74, 6) is 0.460. The van der Waals surface area contributed by atoms with Crippen LogP contribution in [0, 0.1) is 5.82 Å². The largest absolute Gasteiger partial charge is 0.368 e. The third-order valence-corrected chi connectivity index (χ3v) is 6.85. The van der Waals surface area contributed by atoms with Gasteiger partial charge in [0, 0.05) is 23.7 Å². The zero-order valence-corrected chi connectivity index (χ0v) is 18.8. The first kappa shape index (κ1) is 22.9. The average molecular weight is 468 g/mol. The fraction of sp³-hybridized carbons (Fsp3) is 0.381. The van der Waals surface area contributed by atoms with Crippen molar-refractivity contribution in [3.05, 3.63) is 47.4 Å². The van der Waals surface area contributed by atoms with Crippen molar-refractivity contribution < 1.29 is 4.39 Å². The molecular formula is C21H24Cl2FN5S. The van der Waals surface area contributed by atoms with Crippen LogP contribution in [0.2, 0.25) is 0 Å². The molecule has 2 N–H and O–H groups in total. The van der Waals surface area contributed by atoms with E-state index in [1.165, 1.54) is 25.0 Å². The smallest absolute Gasteiger partial charge is 0.220 e. The second-order valence-corrected chi connectivity index (χ2v) is 8.61. The molecule has 5 nitrogen and oxygen atoms in total. The van der Waals surface area contributed by atoms with E-state index in [-0.39, 0.29) is 36.6 Å². The minimum absolute atomic E-state index is 0. The van der Waals surface area contributed by atoms with E-state index in [1.54, 1.807) is 29.7 Å². The number of hydrogen-bond acceptors (Lipinski definition) is 6. The number of thiazole rings is 1. The number of hydrogen-bond donors (Lipinski definition) is 1. The second kappa shape index (κ2) is 9.56. The normalized spacial score (nSPS) is 17.2. The predicted molar refractivity (Wildman–Crippen MR) is 124 cm³/mol. The van der Waals surface area contributed by atoms with Gasteiger partial charge in [0.2, 0.25) is 5.95 Å². The van der Waals surface area contributed by atoms with Gasteiger partial charge in [-0.2, -0.15) is 0 Å². The Bertz CT molecular complexity index is 985. The standard InChI is InChI=1S/C21H22FN5S.2ClH/c22-15-3-1-13(2-4-15)18-19(17-7-10-24-21(23)25-17)28-20(26-18)14-8-11-27(12-9-14)16-5-6-16;;/h1-4,7,10,14,16H,5-6,8-9,11-12H2,(H2,23,24,25);2*1H. The summed E-state index contributed by atoms with van der Waals surface area (Å²) in [6, 6.07) is 9.18. The van der Waals surface area contributed by atoms with E-state index in [1.807, 2.05) is 6.07 Å². The van der Waals surface area contributed by atoms with Crippen LogP contribution < -0.4 is 5.73 Å². The Morgan fingerprint density at radius 1 is 0.967 bits per heavy atom. The van der Waals surface area contributed by atoms with Crippen molar-refractivity contribution >= 4 is 42.1 Å². The lowest BCUT2D eigenvalue weighted by molar-refractivity contribution is 0.203. The Morgan fingerprint density at radius 2 is 1.67 bits per heavy atom. The second-order valence-electron chi connectivity index (χ2n) is 7.58. The van der Waals surface area contributed by atoms with E-state index < -0.39 is 0 Å². The van der Waals surface area contributed by atoms with Crippen LogP contribution in [0.25, 0.3) is 21.8 Å². The van der Waals surface area contributed by atoms with Gasteiger partial charge in [-0.15, -0.1) is 36.2 Å². The monoisotopic (exact) mass is 467 g/mol. The third-order valence-electron chi connectivity index (χ3n) is 5.61. The Balaban J connectivity index is 0.00000128. The molecule has 3 aromatic rings. The quantitative estimate of drug-likeness (QED) is 0.572. The first-order valence-corrected chi connectivity index (χ1v) is 10.6. The molecule has 160 valence electrons. The van der Waals surface area contributed by atoms with Gasteiger partial charge in [0.15, 0.2) is 0 Å². The Hall–Kier alpha value is -1.80. The summed E-state index contributed by atoms with van der Waals surface area (Å²) < 4.78 is 13.4. The number of piperidine rings is 1. The fourth-order valence-corrected chi connectivity index (χ4v) is 5.17. The highest BCUT2D eigenvalue weighted by Crippen LogP contribution is 2.42. The maximum Gasteiger partial charge on any atom is 0.220 e. The summed E-state index contributed by atoms with van der Waals surface area (Å²) in [6.45, 7) is 2.30. The molecule has 1 aliphatic carbocycles. The topological polar surface area (TPSA) is 67.9 Å². The first-order valence-electron chi connectivity index (χ1n) is 9.77. The molecular weight excluding hydrogens is 444 g/mol. The molecule has 1 aliphatic heterocycles. The van der Waals surface area contributed by atoms with Gasteiger partial charge in [-0.05, 0) is 69.1 Å². The van der Waals surface area contributed by atoms with Gasteiger partial charge in [0.25, 0.3) is 0 Å². The first-order chi connectivity index (χ1) is 13.7. The molecule has 1 aromatic carbocycles. The van der Waals surface area contributed by atoms with Crippen LogP contribution in [0.5, 0.6) is 0 Å². The molecule has 1 saturated heterocycles. The molecule has 2 fully saturated rings. The summed E-state index contributed by atoms with van der Waals surface area (Å²) in [7, 11) is 0. The van der Waals surface area contributed by atoms with Crippen molar-refractivity contribution in [2.75, 3.05) is 18.8 Å². The highest BCUT2D eigenvalue weighted by molar-refractivity contribution is 7.15. The maximum absolute atomic E-state index is 13.4. The van der Waals surface area contributed by atoms with E-state index in [0.717, 1.165) is 58.8 Å². The van der Waals surface area contributed by atoms with E-state index in [0.29, 0.717) is 5.92 Å². The van der Waals surface area contributed by atoms with Crippen LogP contribution >= 0.6 is 36.2 Å². The Morgan fingerprint density at radius 3 is 2.30 bits per heavy atom. The van der Waals surface area contributed by atoms with Crippen LogP contribution in [0.1, 0.15) is 36.6 Å². The van der Waals surface area contributed by atoms with E-state index in [4.69, 9.17) is 10.7 Å². The number of aromatic nitrogens is 3. The molecule has 2 aliphatic rings. The number of nitrogens with zero attached hydrogens (tertiary/aromatic N) is 4. The molecule has 0 bridgehead atoms. The number of benzene rings is 1. The molecule has 0 unspecified atom stereocenters. The number of nitrogen functional groups attached to an aromatic ring is 1. The molecule has 9 heteroatoms. The molecule has 0 radical (unpaired) electrons. The van der Waals surface area contributed by atoms with Crippen LogP contribution in [0.15, 0.2) is 36.5 Å². The molecule has 3 heterocycles. The molecule has 30 heavy (non-hydrogen) atoms. The zero-order chi connectivity index (χ0) is 19.1. The maximum atomic E-state index is 13.4. The van der Waals surface area contributed by atoms with E-state index >= 15 is 0 Å². The van der Waals surface area contributed by atoms with Crippen molar-refractivity contribution in [3.8, 4) is 21.8 Å². The number of likely N-dealkylation sites (tertiary alicyclic amines) is 1. The summed E-state index contributed by atoms with van der Waals surface area (Å²) >= 11 is 1.68. The summed E-state index contributed by atoms with van der Waals surface area (Å²) in [5.41, 5.74) is 8.32. The number of nitrogens with two attached hydrogens (primary N) is 1. The molecule has 2 aromatic heterocycles. The van der Waals surface area contributed by atoms with E-state index in [9.17, 15) is 4.39 Å². The predicted octanol–water partition coefficient (Wildman–Crippen LogP) is 5.17. The number of halogens is 3. The van der Waals surface area contributed by atoms with Gasteiger partial charge in [0.1, 0.15) is 5.82 Å². The van der Waals surface area contributed by atoms with Gasteiger partial charge in [-0.1, -0.05) is 0 Å². The molecule has 5 rings (SSSR count). The average Bonchev–Trinajstić information content (AvgIpc) is 3.47. The number of rotatable bonds is 4. The third kappa shape index (κ3) is 4.75. The van der Waals surface area contributed by atoms with Gasteiger partial charge in [-0.3, -0.25) is 0 Å². The lowest BCUT2D eigenvalue weighted by Crippen LogP contribution is -2.34. The van der Waals surface area contributed by atoms with Gasteiger partial charge >= 0.3 is 0 Å². The summed E-state index contributed by atoms with van der Waals surface area (Å²) in [5, 5.41) is 1.14.